The monoisotopic (exact) mass is 385 g/mol. The molecule has 0 bridgehead atoms. The fourth-order valence-corrected chi connectivity index (χ4v) is 3.30. The van der Waals surface area contributed by atoms with Crippen molar-refractivity contribution in [2.45, 2.75) is 13.8 Å². The Bertz CT molecular complexity index is 1110. The first-order valence-electron chi connectivity index (χ1n) is 9.13. The van der Waals surface area contributed by atoms with Crippen molar-refractivity contribution >= 4 is 23.5 Å². The van der Waals surface area contributed by atoms with E-state index in [0.717, 1.165) is 39.3 Å². The highest BCUT2D eigenvalue weighted by molar-refractivity contribution is 6.30. The highest BCUT2D eigenvalue weighted by Gasteiger charge is 2.11. The summed E-state index contributed by atoms with van der Waals surface area (Å²) in [6.45, 7) is 4.15. The van der Waals surface area contributed by atoms with E-state index in [1.165, 1.54) is 0 Å². The van der Waals surface area contributed by atoms with Crippen LogP contribution in [-0.4, -0.2) is 16.0 Å². The van der Waals surface area contributed by atoms with Crippen LogP contribution < -0.4 is 0 Å². The molecule has 0 aliphatic heterocycles. The highest BCUT2D eigenvalue weighted by Crippen LogP contribution is 2.27. The van der Waals surface area contributed by atoms with Gasteiger partial charge < -0.3 is 0 Å². The molecule has 28 heavy (non-hydrogen) atoms. The van der Waals surface area contributed by atoms with Gasteiger partial charge in [-0.2, -0.15) is 5.10 Å². The lowest BCUT2D eigenvalue weighted by atomic mass is 10.1. The van der Waals surface area contributed by atoms with Crippen LogP contribution >= 0.6 is 11.6 Å². The Labute approximate surface area is 170 Å². The lowest BCUT2D eigenvalue weighted by molar-refractivity contribution is 0.884. The lowest BCUT2D eigenvalue weighted by Crippen LogP contribution is -1.93. The third-order valence-electron chi connectivity index (χ3n) is 4.65. The van der Waals surface area contributed by atoms with Crippen molar-refractivity contribution < 1.29 is 0 Å². The molecule has 3 aromatic carbocycles. The van der Waals surface area contributed by atoms with Gasteiger partial charge in [0.2, 0.25) is 0 Å². The van der Waals surface area contributed by atoms with E-state index in [-0.39, 0.29) is 0 Å². The first-order valence-corrected chi connectivity index (χ1v) is 9.51. The standard InChI is InChI=1S/C24H20ClN3/c1-17-7-6-8-18(2)23(17)26-15-20-16-28(22-9-4-3-5-10-22)27-24(20)19-11-13-21(25)14-12-19/h3-16H,1-2H3. The van der Waals surface area contributed by atoms with Gasteiger partial charge in [0.15, 0.2) is 0 Å². The topological polar surface area (TPSA) is 30.2 Å². The van der Waals surface area contributed by atoms with Gasteiger partial charge in [-0.1, -0.05) is 60.1 Å². The van der Waals surface area contributed by atoms with Crippen molar-refractivity contribution in [3.8, 4) is 16.9 Å². The maximum absolute atomic E-state index is 6.06. The lowest BCUT2D eigenvalue weighted by Gasteiger charge is -2.03. The van der Waals surface area contributed by atoms with Crippen molar-refractivity contribution in [3.05, 3.63) is 101 Å². The average molecular weight is 386 g/mol. The first kappa shape index (κ1) is 18.2. The second kappa shape index (κ2) is 7.83. The molecule has 0 amide bonds. The molecule has 4 aromatic rings. The number of nitrogens with zero attached hydrogens (tertiary/aromatic N) is 3. The molecular formula is C24H20ClN3. The second-order valence-electron chi connectivity index (χ2n) is 6.72. The smallest absolute Gasteiger partial charge is 0.101 e. The number of aromatic nitrogens is 2. The number of aryl methyl sites for hydroxylation is 2. The number of aliphatic imine (C=N–C) groups is 1. The number of hydrogen-bond acceptors (Lipinski definition) is 2. The average Bonchev–Trinajstić information content (AvgIpc) is 3.13. The summed E-state index contributed by atoms with van der Waals surface area (Å²) in [6, 6.07) is 24.0. The van der Waals surface area contributed by atoms with E-state index in [4.69, 9.17) is 21.7 Å². The van der Waals surface area contributed by atoms with Crippen LogP contribution in [-0.2, 0) is 0 Å². The number of hydrogen-bond donors (Lipinski definition) is 0. The molecule has 0 fully saturated rings. The van der Waals surface area contributed by atoms with Gasteiger partial charge in [-0.3, -0.25) is 4.99 Å². The molecule has 0 saturated heterocycles. The highest BCUT2D eigenvalue weighted by atomic mass is 35.5. The molecule has 3 nitrogen and oxygen atoms in total. The summed E-state index contributed by atoms with van der Waals surface area (Å²) in [5.74, 6) is 0. The van der Waals surface area contributed by atoms with Gasteiger partial charge in [-0.25, -0.2) is 4.68 Å². The molecule has 0 aliphatic carbocycles. The van der Waals surface area contributed by atoms with Crippen molar-refractivity contribution in [3.63, 3.8) is 0 Å². The fraction of sp³-hybridized carbons (Fsp3) is 0.0833. The van der Waals surface area contributed by atoms with Crippen LogP contribution in [0.25, 0.3) is 16.9 Å². The second-order valence-corrected chi connectivity index (χ2v) is 7.16. The molecule has 0 saturated carbocycles. The third-order valence-corrected chi connectivity index (χ3v) is 4.91. The molecule has 0 spiro atoms. The quantitative estimate of drug-likeness (QED) is 0.366. The maximum atomic E-state index is 6.06. The Hall–Kier alpha value is -3.17. The molecule has 0 aliphatic rings. The van der Waals surface area contributed by atoms with Crippen molar-refractivity contribution in [1.82, 2.24) is 9.78 Å². The summed E-state index contributed by atoms with van der Waals surface area (Å²) < 4.78 is 1.88. The SMILES string of the molecule is Cc1cccc(C)c1N=Cc1cn(-c2ccccc2)nc1-c1ccc(Cl)cc1. The van der Waals surface area contributed by atoms with Gasteiger partial charge >= 0.3 is 0 Å². The number of halogens is 1. The zero-order valence-electron chi connectivity index (χ0n) is 15.8. The Morgan fingerprint density at radius 3 is 2.21 bits per heavy atom. The van der Waals surface area contributed by atoms with Gasteiger partial charge in [0.25, 0.3) is 0 Å². The molecule has 0 unspecified atom stereocenters. The Balaban J connectivity index is 1.81. The maximum Gasteiger partial charge on any atom is 0.101 e. The summed E-state index contributed by atoms with van der Waals surface area (Å²) in [7, 11) is 0. The van der Waals surface area contributed by atoms with E-state index < -0.39 is 0 Å². The van der Waals surface area contributed by atoms with Gasteiger partial charge in [0.05, 0.1) is 11.4 Å². The van der Waals surface area contributed by atoms with Crippen molar-refractivity contribution in [2.24, 2.45) is 4.99 Å². The zero-order valence-corrected chi connectivity index (χ0v) is 16.6. The van der Waals surface area contributed by atoms with Gasteiger partial charge in [-0.05, 0) is 49.2 Å². The van der Waals surface area contributed by atoms with Crippen LogP contribution in [0.15, 0.2) is 84.0 Å². The molecule has 4 rings (SSSR count). The minimum Gasteiger partial charge on any atom is -0.256 e. The van der Waals surface area contributed by atoms with Crippen LogP contribution in [0.5, 0.6) is 0 Å². The molecule has 4 heteroatoms. The minimum atomic E-state index is 0.706. The van der Waals surface area contributed by atoms with Crippen LogP contribution in [0, 0.1) is 13.8 Å². The number of para-hydroxylation sites is 2. The summed E-state index contributed by atoms with van der Waals surface area (Å²) in [5, 5.41) is 5.53. The molecule has 0 radical (unpaired) electrons. The number of benzene rings is 3. The van der Waals surface area contributed by atoms with E-state index in [1.807, 2.05) is 71.7 Å². The van der Waals surface area contributed by atoms with Crippen LogP contribution in [0.4, 0.5) is 5.69 Å². The summed E-state index contributed by atoms with van der Waals surface area (Å²) in [5.41, 5.74) is 7.13. The molecule has 1 aromatic heterocycles. The minimum absolute atomic E-state index is 0.706. The third kappa shape index (κ3) is 3.75. The van der Waals surface area contributed by atoms with Gasteiger partial charge in [0, 0.05) is 28.6 Å². The van der Waals surface area contributed by atoms with Gasteiger partial charge in [0.1, 0.15) is 5.69 Å². The van der Waals surface area contributed by atoms with E-state index in [0.29, 0.717) is 5.02 Å². The van der Waals surface area contributed by atoms with E-state index >= 15 is 0 Å². The normalized spacial score (nSPS) is 11.2. The van der Waals surface area contributed by atoms with E-state index in [9.17, 15) is 0 Å². The Kier molecular flexibility index (Phi) is 5.09. The van der Waals surface area contributed by atoms with E-state index in [2.05, 4.69) is 32.0 Å². The summed E-state index contributed by atoms with van der Waals surface area (Å²) in [6.07, 6.45) is 3.90. The predicted octanol–water partition coefficient (Wildman–Crippen LogP) is 6.56. The van der Waals surface area contributed by atoms with Gasteiger partial charge in [-0.15, -0.1) is 0 Å². The Morgan fingerprint density at radius 2 is 1.54 bits per heavy atom. The van der Waals surface area contributed by atoms with E-state index in [1.54, 1.807) is 0 Å². The van der Waals surface area contributed by atoms with Crippen molar-refractivity contribution in [1.29, 1.82) is 0 Å². The summed E-state index contributed by atoms with van der Waals surface area (Å²) in [4.78, 5) is 4.78. The van der Waals surface area contributed by atoms with Crippen LogP contribution in [0.3, 0.4) is 0 Å². The van der Waals surface area contributed by atoms with Crippen molar-refractivity contribution in [2.75, 3.05) is 0 Å². The molecule has 1 heterocycles. The first-order chi connectivity index (χ1) is 13.6. The largest absolute Gasteiger partial charge is 0.256 e. The zero-order chi connectivity index (χ0) is 19.5. The fourth-order valence-electron chi connectivity index (χ4n) is 3.17. The molecule has 0 N–H and O–H groups in total. The Morgan fingerprint density at radius 1 is 0.857 bits per heavy atom. The van der Waals surface area contributed by atoms with Crippen LogP contribution in [0.1, 0.15) is 16.7 Å². The molecule has 138 valence electrons. The predicted molar refractivity (Wildman–Crippen MR) is 117 cm³/mol. The molecular weight excluding hydrogens is 366 g/mol. The summed E-state index contributed by atoms with van der Waals surface area (Å²) >= 11 is 6.06. The molecule has 0 atom stereocenters. The van der Waals surface area contributed by atoms with Crippen LogP contribution in [0.2, 0.25) is 5.02 Å². The number of rotatable bonds is 4.